The van der Waals surface area contributed by atoms with E-state index < -0.39 is 0 Å². The van der Waals surface area contributed by atoms with Crippen LogP contribution in [0.2, 0.25) is 0 Å². The van der Waals surface area contributed by atoms with Gasteiger partial charge in [-0.2, -0.15) is 0 Å². The first-order chi connectivity index (χ1) is 22.0. The van der Waals surface area contributed by atoms with Crippen LogP contribution in [0.4, 0.5) is 0 Å². The SMILES string of the molecule is C(=C\c1ccncc1)/c1ccncc1.C(=C\c1ccncc1)/c1ccncc1.Oc1ccc(/C=C/c2cc(O)cc(O)c2)cc1. The summed E-state index contributed by atoms with van der Waals surface area (Å²) in [5.41, 5.74) is 6.23. The molecule has 0 saturated heterocycles. The molecule has 0 fully saturated rings. The minimum atomic E-state index is 0.0235. The normalized spacial score (nSPS) is 10.7. The lowest BCUT2D eigenvalue weighted by atomic mass is 10.1. The largest absolute Gasteiger partial charge is 0.508 e. The summed E-state index contributed by atoms with van der Waals surface area (Å²) in [6, 6.07) is 26.9. The molecule has 0 saturated carbocycles. The zero-order chi connectivity index (χ0) is 31.5. The Labute approximate surface area is 262 Å². The molecule has 0 aliphatic carbocycles. The first kappa shape index (κ1) is 31.6. The molecule has 7 nitrogen and oxygen atoms in total. The summed E-state index contributed by atoms with van der Waals surface area (Å²) in [5, 5.41) is 27.7. The molecule has 3 N–H and O–H groups in total. The number of pyridine rings is 4. The Bertz CT molecular complexity index is 1610. The highest BCUT2D eigenvalue weighted by Gasteiger charge is 1.96. The number of phenolic OH excluding ortho intramolecular Hbond substituents is 3. The second kappa shape index (κ2) is 17.6. The van der Waals surface area contributed by atoms with E-state index in [2.05, 4.69) is 44.2 Å². The van der Waals surface area contributed by atoms with Crippen LogP contribution in [-0.2, 0) is 0 Å². The summed E-state index contributed by atoms with van der Waals surface area (Å²) >= 11 is 0. The Morgan fingerprint density at radius 1 is 0.289 bits per heavy atom. The van der Waals surface area contributed by atoms with Gasteiger partial charge in [0, 0.05) is 55.6 Å². The number of benzene rings is 2. The van der Waals surface area contributed by atoms with E-state index in [-0.39, 0.29) is 17.2 Å². The third-order valence-electron chi connectivity index (χ3n) is 6.05. The molecular formula is C38H32N4O3. The summed E-state index contributed by atoms with van der Waals surface area (Å²) in [6.45, 7) is 0. The number of aromatic hydroxyl groups is 3. The molecule has 0 aliphatic rings. The van der Waals surface area contributed by atoms with Crippen LogP contribution >= 0.6 is 0 Å². The number of hydrogen-bond donors (Lipinski definition) is 3. The van der Waals surface area contributed by atoms with Crippen LogP contribution in [0.5, 0.6) is 17.2 Å². The molecule has 0 unspecified atom stereocenters. The number of hydrogen-bond acceptors (Lipinski definition) is 7. The molecule has 0 radical (unpaired) electrons. The van der Waals surface area contributed by atoms with Gasteiger partial charge in [0.2, 0.25) is 0 Å². The molecule has 0 bridgehead atoms. The summed E-state index contributed by atoms with van der Waals surface area (Å²) in [6.07, 6.45) is 26.1. The van der Waals surface area contributed by atoms with Crippen LogP contribution in [-0.4, -0.2) is 35.3 Å². The van der Waals surface area contributed by atoms with Gasteiger partial charge in [-0.15, -0.1) is 0 Å². The van der Waals surface area contributed by atoms with Crippen LogP contribution in [0.3, 0.4) is 0 Å². The molecule has 0 amide bonds. The second-order valence-corrected chi connectivity index (χ2v) is 9.50. The molecule has 6 aromatic rings. The van der Waals surface area contributed by atoms with E-state index in [1.54, 1.807) is 92.0 Å². The topological polar surface area (TPSA) is 112 Å². The van der Waals surface area contributed by atoms with E-state index in [9.17, 15) is 10.2 Å². The molecule has 45 heavy (non-hydrogen) atoms. The van der Waals surface area contributed by atoms with Gasteiger partial charge in [0.25, 0.3) is 0 Å². The van der Waals surface area contributed by atoms with Crippen LogP contribution in [0.1, 0.15) is 33.4 Å². The van der Waals surface area contributed by atoms with Crippen LogP contribution in [0, 0.1) is 0 Å². The van der Waals surface area contributed by atoms with Crippen molar-refractivity contribution >= 4 is 36.5 Å². The summed E-state index contributed by atoms with van der Waals surface area (Å²) in [7, 11) is 0. The highest BCUT2D eigenvalue weighted by Crippen LogP contribution is 2.22. The molecule has 0 spiro atoms. The average molecular weight is 593 g/mol. The Kier molecular flexibility index (Phi) is 12.3. The fourth-order valence-corrected chi connectivity index (χ4v) is 3.78. The lowest BCUT2D eigenvalue weighted by molar-refractivity contribution is 0.450. The van der Waals surface area contributed by atoms with E-state index in [4.69, 9.17) is 5.11 Å². The number of rotatable bonds is 6. The minimum Gasteiger partial charge on any atom is -0.508 e. The van der Waals surface area contributed by atoms with Crippen molar-refractivity contribution in [3.05, 3.63) is 174 Å². The maximum Gasteiger partial charge on any atom is 0.119 e. The van der Waals surface area contributed by atoms with Gasteiger partial charge >= 0.3 is 0 Å². The zero-order valence-electron chi connectivity index (χ0n) is 24.4. The third-order valence-corrected chi connectivity index (χ3v) is 6.05. The molecule has 2 aromatic carbocycles. The van der Waals surface area contributed by atoms with E-state index in [1.807, 2.05) is 54.6 Å². The van der Waals surface area contributed by atoms with Crippen molar-refractivity contribution in [2.45, 2.75) is 0 Å². The minimum absolute atomic E-state index is 0.0235. The van der Waals surface area contributed by atoms with Crippen molar-refractivity contribution in [3.63, 3.8) is 0 Å². The maximum absolute atomic E-state index is 9.30. The molecule has 7 heteroatoms. The Morgan fingerprint density at radius 3 is 0.867 bits per heavy atom. The van der Waals surface area contributed by atoms with Crippen molar-refractivity contribution < 1.29 is 15.3 Å². The predicted molar refractivity (Wildman–Crippen MR) is 182 cm³/mol. The maximum atomic E-state index is 9.30. The van der Waals surface area contributed by atoms with Gasteiger partial charge in [-0.05, 0) is 106 Å². The van der Waals surface area contributed by atoms with E-state index in [1.165, 1.54) is 6.07 Å². The lowest BCUT2D eigenvalue weighted by Gasteiger charge is -1.98. The molecule has 222 valence electrons. The van der Waals surface area contributed by atoms with Crippen molar-refractivity contribution in [3.8, 4) is 17.2 Å². The first-order valence-corrected chi connectivity index (χ1v) is 14.0. The van der Waals surface area contributed by atoms with Gasteiger partial charge in [-0.25, -0.2) is 0 Å². The fourth-order valence-electron chi connectivity index (χ4n) is 3.78. The van der Waals surface area contributed by atoms with Crippen LogP contribution in [0.15, 0.2) is 141 Å². The van der Waals surface area contributed by atoms with E-state index in [0.717, 1.165) is 27.8 Å². The highest BCUT2D eigenvalue weighted by atomic mass is 16.3. The van der Waals surface area contributed by atoms with Gasteiger partial charge in [0.1, 0.15) is 17.2 Å². The first-order valence-electron chi connectivity index (χ1n) is 14.0. The fraction of sp³-hybridized carbons (Fsp3) is 0. The van der Waals surface area contributed by atoms with Crippen LogP contribution < -0.4 is 0 Å². The lowest BCUT2D eigenvalue weighted by Crippen LogP contribution is -1.74. The Hall–Kier alpha value is -6.34. The quantitative estimate of drug-likeness (QED) is 0.167. The van der Waals surface area contributed by atoms with Crippen molar-refractivity contribution in [1.29, 1.82) is 0 Å². The van der Waals surface area contributed by atoms with Gasteiger partial charge in [0.05, 0.1) is 0 Å². The van der Waals surface area contributed by atoms with Gasteiger partial charge < -0.3 is 15.3 Å². The number of aromatic nitrogens is 4. The number of nitrogens with zero attached hydrogens (tertiary/aromatic N) is 4. The van der Waals surface area contributed by atoms with Crippen molar-refractivity contribution in [2.24, 2.45) is 0 Å². The summed E-state index contributed by atoms with van der Waals surface area (Å²) in [4.78, 5) is 15.8. The monoisotopic (exact) mass is 592 g/mol. The van der Waals surface area contributed by atoms with Gasteiger partial charge in [-0.3, -0.25) is 19.9 Å². The Balaban J connectivity index is 0.000000155. The van der Waals surface area contributed by atoms with Crippen LogP contribution in [0.25, 0.3) is 36.5 Å². The third kappa shape index (κ3) is 12.2. The molecule has 4 aromatic heterocycles. The summed E-state index contributed by atoms with van der Waals surface area (Å²) < 4.78 is 0. The molecule has 6 rings (SSSR count). The Morgan fingerprint density at radius 2 is 0.556 bits per heavy atom. The molecule has 0 aliphatic heterocycles. The predicted octanol–water partition coefficient (Wildman–Crippen LogP) is 8.27. The van der Waals surface area contributed by atoms with Gasteiger partial charge in [-0.1, -0.05) is 48.6 Å². The molecule has 4 heterocycles. The van der Waals surface area contributed by atoms with E-state index in [0.29, 0.717) is 5.56 Å². The zero-order valence-corrected chi connectivity index (χ0v) is 24.4. The molecule has 0 atom stereocenters. The highest BCUT2D eigenvalue weighted by molar-refractivity contribution is 5.71. The smallest absolute Gasteiger partial charge is 0.119 e. The second-order valence-electron chi connectivity index (χ2n) is 9.50. The molecular weight excluding hydrogens is 560 g/mol. The van der Waals surface area contributed by atoms with Crippen molar-refractivity contribution in [2.75, 3.05) is 0 Å². The van der Waals surface area contributed by atoms with Crippen molar-refractivity contribution in [1.82, 2.24) is 19.9 Å². The van der Waals surface area contributed by atoms with E-state index >= 15 is 0 Å². The van der Waals surface area contributed by atoms with Gasteiger partial charge in [0.15, 0.2) is 0 Å². The summed E-state index contributed by atoms with van der Waals surface area (Å²) in [5.74, 6) is 0.267. The number of phenols is 3. The standard InChI is InChI=1S/C14H12O3.2C12H10N2/c15-12-5-3-10(4-6-12)1-2-11-7-13(16)9-14(17)8-11;2*1(11-3-7-13-8-4-11)2-12-5-9-14-10-6-12/h1-9,15-17H;2*1-10H/b3*2-1+. The average Bonchev–Trinajstić information content (AvgIpc) is 3.08.